The maximum atomic E-state index is 11.0. The van der Waals surface area contributed by atoms with E-state index >= 15 is 0 Å². The predicted molar refractivity (Wildman–Crippen MR) is 81.0 cm³/mol. The number of aromatic nitrogens is 1. The molecule has 1 aromatic carbocycles. The zero-order valence-corrected chi connectivity index (χ0v) is 12.7. The SMILES string of the molecule is Cc1ccc(OCc2ccc(Cl)cc2[N+](=O)[O-])c(CCl)n1. The van der Waals surface area contributed by atoms with Gasteiger partial charge in [-0.15, -0.1) is 11.6 Å². The van der Waals surface area contributed by atoms with E-state index in [-0.39, 0.29) is 18.2 Å². The first-order valence-corrected chi connectivity index (χ1v) is 7.00. The first kappa shape index (κ1) is 15.5. The summed E-state index contributed by atoms with van der Waals surface area (Å²) in [5.41, 5.74) is 1.80. The lowest BCUT2D eigenvalue weighted by molar-refractivity contribution is -0.385. The van der Waals surface area contributed by atoms with Crippen molar-refractivity contribution in [3.63, 3.8) is 0 Å². The van der Waals surface area contributed by atoms with Gasteiger partial charge in [-0.1, -0.05) is 11.6 Å². The van der Waals surface area contributed by atoms with Gasteiger partial charge in [0.05, 0.1) is 22.1 Å². The number of rotatable bonds is 5. The highest BCUT2D eigenvalue weighted by Crippen LogP contribution is 2.26. The minimum Gasteiger partial charge on any atom is -0.487 e. The van der Waals surface area contributed by atoms with Crippen LogP contribution in [0.3, 0.4) is 0 Å². The lowest BCUT2D eigenvalue weighted by atomic mass is 10.2. The zero-order valence-electron chi connectivity index (χ0n) is 11.2. The Balaban J connectivity index is 2.22. The molecule has 7 heteroatoms. The number of pyridine rings is 1. The smallest absolute Gasteiger partial charge is 0.277 e. The van der Waals surface area contributed by atoms with Gasteiger partial charge >= 0.3 is 0 Å². The fraction of sp³-hybridized carbons (Fsp3) is 0.214. The fourth-order valence-corrected chi connectivity index (χ4v) is 2.17. The van der Waals surface area contributed by atoms with Crippen molar-refractivity contribution >= 4 is 28.9 Å². The van der Waals surface area contributed by atoms with Gasteiger partial charge in [0.25, 0.3) is 5.69 Å². The van der Waals surface area contributed by atoms with Gasteiger partial charge < -0.3 is 4.74 Å². The van der Waals surface area contributed by atoms with Gasteiger partial charge in [0.1, 0.15) is 12.4 Å². The fourth-order valence-electron chi connectivity index (χ4n) is 1.81. The van der Waals surface area contributed by atoms with E-state index in [9.17, 15) is 10.1 Å². The Bertz CT molecular complexity index is 677. The van der Waals surface area contributed by atoms with Gasteiger partial charge in [-0.25, -0.2) is 0 Å². The van der Waals surface area contributed by atoms with Crippen LogP contribution in [0.25, 0.3) is 0 Å². The third-order valence-corrected chi connectivity index (χ3v) is 3.31. The van der Waals surface area contributed by atoms with E-state index < -0.39 is 4.92 Å². The van der Waals surface area contributed by atoms with Gasteiger partial charge in [0.2, 0.25) is 0 Å². The maximum absolute atomic E-state index is 11.0. The zero-order chi connectivity index (χ0) is 15.4. The van der Waals surface area contributed by atoms with E-state index in [0.717, 1.165) is 5.69 Å². The number of hydrogen-bond donors (Lipinski definition) is 0. The molecule has 0 saturated heterocycles. The van der Waals surface area contributed by atoms with Crippen LogP contribution in [0.4, 0.5) is 5.69 Å². The molecule has 0 atom stereocenters. The molecule has 0 saturated carbocycles. The Kier molecular flexibility index (Phi) is 4.98. The second-order valence-electron chi connectivity index (χ2n) is 4.35. The summed E-state index contributed by atoms with van der Waals surface area (Å²) in [5.74, 6) is 0.722. The molecule has 0 spiro atoms. The summed E-state index contributed by atoms with van der Waals surface area (Å²) >= 11 is 11.6. The number of nitrogens with zero attached hydrogens (tertiary/aromatic N) is 2. The number of nitro groups is 1. The lowest BCUT2D eigenvalue weighted by Gasteiger charge is -2.10. The van der Waals surface area contributed by atoms with E-state index in [2.05, 4.69) is 4.98 Å². The van der Waals surface area contributed by atoms with Crippen molar-refractivity contribution in [2.45, 2.75) is 19.4 Å². The summed E-state index contributed by atoms with van der Waals surface area (Å²) in [7, 11) is 0. The number of aryl methyl sites for hydroxylation is 1. The molecule has 1 aromatic heterocycles. The highest BCUT2D eigenvalue weighted by Gasteiger charge is 2.15. The second kappa shape index (κ2) is 6.74. The van der Waals surface area contributed by atoms with Crippen molar-refractivity contribution in [2.24, 2.45) is 0 Å². The summed E-state index contributed by atoms with van der Waals surface area (Å²) in [5, 5.41) is 11.3. The van der Waals surface area contributed by atoms with Crippen LogP contribution in [0.5, 0.6) is 5.75 Å². The Morgan fingerprint density at radius 1 is 1.33 bits per heavy atom. The van der Waals surface area contributed by atoms with E-state index in [1.807, 2.05) is 6.92 Å². The molecule has 2 aromatic rings. The van der Waals surface area contributed by atoms with Crippen LogP contribution in [0, 0.1) is 17.0 Å². The molecule has 0 bridgehead atoms. The summed E-state index contributed by atoms with van der Waals surface area (Å²) < 4.78 is 5.61. The van der Waals surface area contributed by atoms with Crippen LogP contribution in [-0.4, -0.2) is 9.91 Å². The molecule has 0 aliphatic heterocycles. The summed E-state index contributed by atoms with van der Waals surface area (Å²) in [6.45, 7) is 1.89. The average molecular weight is 327 g/mol. The highest BCUT2D eigenvalue weighted by molar-refractivity contribution is 6.30. The molecule has 0 unspecified atom stereocenters. The first-order valence-electron chi connectivity index (χ1n) is 6.09. The van der Waals surface area contributed by atoms with Crippen molar-refractivity contribution in [3.05, 3.63) is 62.4 Å². The summed E-state index contributed by atoms with van der Waals surface area (Å²) in [6, 6.07) is 8.01. The average Bonchev–Trinajstić information content (AvgIpc) is 2.46. The normalized spacial score (nSPS) is 10.4. The van der Waals surface area contributed by atoms with Crippen molar-refractivity contribution in [1.29, 1.82) is 0 Å². The first-order chi connectivity index (χ1) is 10.0. The van der Waals surface area contributed by atoms with Crippen molar-refractivity contribution in [3.8, 4) is 5.75 Å². The molecule has 0 N–H and O–H groups in total. The molecule has 5 nitrogen and oxygen atoms in total. The van der Waals surface area contributed by atoms with Gasteiger partial charge in [-0.3, -0.25) is 15.1 Å². The molecular formula is C14H12Cl2N2O3. The quantitative estimate of drug-likeness (QED) is 0.467. The van der Waals surface area contributed by atoms with Gasteiger partial charge in [0.15, 0.2) is 0 Å². The number of nitro benzene ring substituents is 1. The van der Waals surface area contributed by atoms with Crippen molar-refractivity contribution in [2.75, 3.05) is 0 Å². The predicted octanol–water partition coefficient (Wildman–Crippen LogP) is 4.27. The molecule has 0 aliphatic carbocycles. The molecule has 2 rings (SSSR count). The topological polar surface area (TPSA) is 65.3 Å². The molecule has 0 amide bonds. The largest absolute Gasteiger partial charge is 0.487 e. The minimum atomic E-state index is -0.486. The number of ether oxygens (including phenoxy) is 1. The van der Waals surface area contributed by atoms with E-state index in [1.165, 1.54) is 6.07 Å². The molecule has 0 fully saturated rings. The van der Waals surface area contributed by atoms with Gasteiger partial charge in [-0.2, -0.15) is 0 Å². The Morgan fingerprint density at radius 2 is 2.10 bits per heavy atom. The molecule has 110 valence electrons. The van der Waals surface area contributed by atoms with Crippen LogP contribution in [-0.2, 0) is 12.5 Å². The van der Waals surface area contributed by atoms with E-state index in [1.54, 1.807) is 24.3 Å². The summed E-state index contributed by atoms with van der Waals surface area (Å²) in [4.78, 5) is 14.8. The summed E-state index contributed by atoms with van der Waals surface area (Å²) in [6.07, 6.45) is 0. The molecule has 0 aliphatic rings. The molecule has 21 heavy (non-hydrogen) atoms. The van der Waals surface area contributed by atoms with Crippen LogP contribution in [0.15, 0.2) is 30.3 Å². The van der Waals surface area contributed by atoms with E-state index in [0.29, 0.717) is 22.0 Å². The minimum absolute atomic E-state index is 0.0438. The van der Waals surface area contributed by atoms with Crippen LogP contribution in [0.2, 0.25) is 5.02 Å². The third-order valence-electron chi connectivity index (χ3n) is 2.83. The van der Waals surface area contributed by atoms with Crippen LogP contribution in [0.1, 0.15) is 17.0 Å². The molecule has 0 radical (unpaired) electrons. The number of halogens is 2. The van der Waals surface area contributed by atoms with Gasteiger partial charge in [-0.05, 0) is 31.2 Å². The second-order valence-corrected chi connectivity index (χ2v) is 5.05. The monoisotopic (exact) mass is 326 g/mol. The van der Waals surface area contributed by atoms with Crippen LogP contribution < -0.4 is 4.74 Å². The number of hydrogen-bond acceptors (Lipinski definition) is 4. The highest BCUT2D eigenvalue weighted by atomic mass is 35.5. The number of benzene rings is 1. The molecular weight excluding hydrogens is 315 g/mol. The van der Waals surface area contributed by atoms with E-state index in [4.69, 9.17) is 27.9 Å². The standard InChI is InChI=1S/C14H12Cl2N2O3/c1-9-2-5-14(12(7-15)17-9)21-8-10-3-4-11(16)6-13(10)18(19)20/h2-6H,7-8H2,1H3. The van der Waals surface area contributed by atoms with Gasteiger partial charge in [0, 0.05) is 16.8 Å². The van der Waals surface area contributed by atoms with Crippen molar-refractivity contribution < 1.29 is 9.66 Å². The Labute approximate surface area is 131 Å². The third kappa shape index (κ3) is 3.83. The Morgan fingerprint density at radius 3 is 2.76 bits per heavy atom. The van der Waals surface area contributed by atoms with Crippen LogP contribution >= 0.6 is 23.2 Å². The Hall–Kier alpha value is -1.85. The maximum Gasteiger partial charge on any atom is 0.277 e. The molecule has 1 heterocycles. The number of alkyl halides is 1. The lowest BCUT2D eigenvalue weighted by Crippen LogP contribution is -2.03. The van der Waals surface area contributed by atoms with Crippen molar-refractivity contribution in [1.82, 2.24) is 4.98 Å².